The minimum Gasteiger partial charge on any atom is -0.462 e. The Bertz CT molecular complexity index is 450. The van der Waals surface area contributed by atoms with Crippen LogP contribution >= 0.6 is 0 Å². The number of hydrogen-bond acceptors (Lipinski definition) is 5. The highest BCUT2D eigenvalue weighted by molar-refractivity contribution is 7.88. The Labute approximate surface area is 125 Å². The zero-order valence-corrected chi connectivity index (χ0v) is 12.4. The van der Waals surface area contributed by atoms with Crippen molar-refractivity contribution in [2.24, 2.45) is 0 Å². The molecule has 0 amide bonds. The predicted octanol–water partition coefficient (Wildman–Crippen LogP) is 1.98. The minimum absolute atomic E-state index is 0.0588. The van der Waals surface area contributed by atoms with Crippen LogP contribution in [0.25, 0.3) is 0 Å². The summed E-state index contributed by atoms with van der Waals surface area (Å²) in [5.41, 5.74) is 0. The molecule has 0 fully saturated rings. The molecule has 0 bridgehead atoms. The SMILES string of the molecule is O=C(OCCCCCCCCO)C(F)(C(F)(F)F)S(=O)(=O)O. The van der Waals surface area contributed by atoms with Gasteiger partial charge >= 0.3 is 27.3 Å². The highest BCUT2D eigenvalue weighted by Gasteiger charge is 2.72. The van der Waals surface area contributed by atoms with Crippen LogP contribution < -0.4 is 0 Å². The number of esters is 1. The molecule has 0 aromatic rings. The number of halogens is 4. The van der Waals surface area contributed by atoms with Gasteiger partial charge in [-0.15, -0.1) is 0 Å². The molecule has 0 saturated carbocycles. The van der Waals surface area contributed by atoms with Gasteiger partial charge in [0.25, 0.3) is 0 Å². The highest BCUT2D eigenvalue weighted by Crippen LogP contribution is 2.39. The van der Waals surface area contributed by atoms with Crippen LogP contribution in [0.2, 0.25) is 0 Å². The summed E-state index contributed by atoms with van der Waals surface area (Å²) in [7, 11) is -6.37. The van der Waals surface area contributed by atoms with Gasteiger partial charge in [-0.2, -0.15) is 21.6 Å². The van der Waals surface area contributed by atoms with E-state index in [1.165, 1.54) is 0 Å². The van der Waals surface area contributed by atoms with Gasteiger partial charge in [-0.3, -0.25) is 4.55 Å². The fourth-order valence-electron chi connectivity index (χ4n) is 1.55. The summed E-state index contributed by atoms with van der Waals surface area (Å²) in [6.07, 6.45) is -2.76. The Morgan fingerprint density at radius 3 is 1.82 bits per heavy atom. The van der Waals surface area contributed by atoms with Crippen molar-refractivity contribution in [2.45, 2.75) is 49.7 Å². The third kappa shape index (κ3) is 5.69. The fraction of sp³-hybridized carbons (Fsp3) is 0.909. The largest absolute Gasteiger partial charge is 0.462 e. The number of rotatable bonds is 10. The van der Waals surface area contributed by atoms with Crippen LogP contribution in [0.5, 0.6) is 0 Å². The van der Waals surface area contributed by atoms with Gasteiger partial charge in [0.1, 0.15) is 0 Å². The van der Waals surface area contributed by atoms with Gasteiger partial charge in [0.2, 0.25) is 0 Å². The lowest BCUT2D eigenvalue weighted by molar-refractivity contribution is -0.215. The van der Waals surface area contributed by atoms with Crippen LogP contribution in [0.4, 0.5) is 17.6 Å². The fourth-order valence-corrected chi connectivity index (χ4v) is 2.11. The quantitative estimate of drug-likeness (QED) is 0.269. The number of alkyl halides is 4. The predicted molar refractivity (Wildman–Crippen MR) is 67.2 cm³/mol. The van der Waals surface area contributed by atoms with Gasteiger partial charge in [-0.05, 0) is 12.8 Å². The number of aliphatic hydroxyl groups is 1. The van der Waals surface area contributed by atoms with Crippen LogP contribution in [-0.4, -0.2) is 48.4 Å². The molecular weight excluding hydrogens is 336 g/mol. The van der Waals surface area contributed by atoms with Gasteiger partial charge in [-0.25, -0.2) is 9.18 Å². The van der Waals surface area contributed by atoms with Crippen LogP contribution in [-0.2, 0) is 19.6 Å². The van der Waals surface area contributed by atoms with E-state index >= 15 is 0 Å². The van der Waals surface area contributed by atoms with Gasteiger partial charge in [0.15, 0.2) is 0 Å². The summed E-state index contributed by atoms with van der Waals surface area (Å²) in [4.78, 5) is 11.0. The normalized spacial score (nSPS) is 15.4. The topological polar surface area (TPSA) is 101 Å². The average Bonchev–Trinajstić information content (AvgIpc) is 2.37. The van der Waals surface area contributed by atoms with Crippen molar-refractivity contribution in [1.82, 2.24) is 0 Å². The molecule has 132 valence electrons. The van der Waals surface area contributed by atoms with E-state index in [-0.39, 0.29) is 13.0 Å². The first-order valence-corrected chi connectivity index (χ1v) is 7.93. The molecule has 0 radical (unpaired) electrons. The maximum atomic E-state index is 13.5. The number of hydrogen-bond donors (Lipinski definition) is 2. The standard InChI is InChI=1S/C11H18F4O6S/c12-10(11(13,14)15,22(18,19)20)9(17)21-8-6-4-2-1-3-5-7-16/h16H,1-8H2,(H,18,19,20). The molecule has 0 aliphatic carbocycles. The molecule has 0 aliphatic heterocycles. The van der Waals surface area contributed by atoms with E-state index < -0.39 is 33.9 Å². The monoisotopic (exact) mass is 354 g/mol. The van der Waals surface area contributed by atoms with Gasteiger partial charge in [-0.1, -0.05) is 25.7 Å². The molecular formula is C11H18F4O6S. The summed E-state index contributed by atoms with van der Waals surface area (Å²) in [5, 5.41) is 3.04. The Kier molecular flexibility index (Phi) is 8.26. The number of unbranched alkanes of at least 4 members (excludes halogenated alkanes) is 5. The highest BCUT2D eigenvalue weighted by atomic mass is 32.2. The molecule has 0 rings (SSSR count). The van der Waals surface area contributed by atoms with Gasteiger partial charge in [0, 0.05) is 6.61 Å². The molecule has 0 heterocycles. The van der Waals surface area contributed by atoms with E-state index in [0.717, 1.165) is 12.8 Å². The molecule has 0 aliphatic rings. The Balaban J connectivity index is 4.35. The molecule has 2 N–H and O–H groups in total. The third-order valence-corrected chi connectivity index (χ3v) is 3.88. The number of carbonyl (C=O) groups is 1. The molecule has 11 heteroatoms. The lowest BCUT2D eigenvalue weighted by Gasteiger charge is -2.22. The molecule has 0 spiro atoms. The lowest BCUT2D eigenvalue weighted by Crippen LogP contribution is -2.55. The van der Waals surface area contributed by atoms with Gasteiger partial charge < -0.3 is 9.84 Å². The lowest BCUT2D eigenvalue weighted by atomic mass is 10.1. The van der Waals surface area contributed by atoms with Crippen LogP contribution in [0.1, 0.15) is 38.5 Å². The first-order chi connectivity index (χ1) is 9.98. The first-order valence-electron chi connectivity index (χ1n) is 6.49. The second kappa shape index (κ2) is 8.63. The van der Waals surface area contributed by atoms with E-state index in [0.29, 0.717) is 19.3 Å². The third-order valence-electron chi connectivity index (χ3n) is 2.77. The number of ether oxygens (including phenoxy) is 1. The Hall–Kier alpha value is -0.940. The van der Waals surface area contributed by atoms with E-state index in [9.17, 15) is 30.8 Å². The molecule has 1 unspecified atom stereocenters. The van der Waals surface area contributed by atoms with E-state index in [2.05, 4.69) is 4.74 Å². The molecule has 1 atom stereocenters. The van der Waals surface area contributed by atoms with E-state index in [4.69, 9.17) is 9.66 Å². The maximum absolute atomic E-state index is 13.5. The maximum Gasteiger partial charge on any atom is 0.451 e. The van der Waals surface area contributed by atoms with E-state index in [1.54, 1.807) is 0 Å². The minimum atomic E-state index is -6.37. The van der Waals surface area contributed by atoms with Crippen molar-refractivity contribution < 1.29 is 45.2 Å². The molecule has 22 heavy (non-hydrogen) atoms. The van der Waals surface area contributed by atoms with Crippen LogP contribution in [0.15, 0.2) is 0 Å². The van der Waals surface area contributed by atoms with Crippen molar-refractivity contribution in [3.8, 4) is 0 Å². The smallest absolute Gasteiger partial charge is 0.451 e. The van der Waals surface area contributed by atoms with Crippen molar-refractivity contribution >= 4 is 16.1 Å². The second-order valence-corrected chi connectivity index (χ2v) is 6.06. The second-order valence-electron chi connectivity index (χ2n) is 4.55. The van der Waals surface area contributed by atoms with Crippen molar-refractivity contribution in [2.75, 3.05) is 13.2 Å². The van der Waals surface area contributed by atoms with Crippen molar-refractivity contribution in [1.29, 1.82) is 0 Å². The average molecular weight is 354 g/mol. The molecule has 0 saturated heterocycles. The molecule has 0 aromatic carbocycles. The van der Waals surface area contributed by atoms with E-state index in [1.807, 2.05) is 0 Å². The number of aliphatic hydroxyl groups excluding tert-OH is 1. The summed E-state index contributed by atoms with van der Waals surface area (Å²) < 4.78 is 83.9. The number of carbonyl (C=O) groups excluding carboxylic acids is 1. The van der Waals surface area contributed by atoms with Crippen LogP contribution in [0.3, 0.4) is 0 Å². The zero-order chi connectivity index (χ0) is 17.4. The summed E-state index contributed by atoms with van der Waals surface area (Å²) in [6, 6.07) is 0. The molecule has 6 nitrogen and oxygen atoms in total. The van der Waals surface area contributed by atoms with Gasteiger partial charge in [0.05, 0.1) is 6.61 Å². The summed E-state index contributed by atoms with van der Waals surface area (Å²) in [6.45, 7) is -0.542. The first kappa shape index (κ1) is 21.1. The Morgan fingerprint density at radius 1 is 0.955 bits per heavy atom. The van der Waals surface area contributed by atoms with Crippen molar-refractivity contribution in [3.63, 3.8) is 0 Å². The Morgan fingerprint density at radius 2 is 1.41 bits per heavy atom. The summed E-state index contributed by atoms with van der Waals surface area (Å²) in [5.74, 6) is -2.71. The summed E-state index contributed by atoms with van der Waals surface area (Å²) >= 11 is 0. The zero-order valence-electron chi connectivity index (χ0n) is 11.6. The van der Waals surface area contributed by atoms with Crippen molar-refractivity contribution in [3.05, 3.63) is 0 Å². The van der Waals surface area contributed by atoms with Crippen LogP contribution in [0, 0.1) is 0 Å². The molecule has 0 aromatic heterocycles.